The van der Waals surface area contributed by atoms with Crippen LogP contribution < -0.4 is 10.6 Å². The molecule has 0 radical (unpaired) electrons. The van der Waals surface area contributed by atoms with Crippen LogP contribution in [-0.2, 0) is 19.1 Å². The average molecular weight is 336 g/mol. The summed E-state index contributed by atoms with van der Waals surface area (Å²) in [5, 5.41) is 5.25. The molecule has 0 aromatic heterocycles. The summed E-state index contributed by atoms with van der Waals surface area (Å²) in [6, 6.07) is 6.23. The summed E-state index contributed by atoms with van der Waals surface area (Å²) in [4.78, 5) is 34.3. The maximum Gasteiger partial charge on any atom is 0.338 e. The molecule has 0 heterocycles. The van der Waals surface area contributed by atoms with E-state index in [9.17, 15) is 14.4 Å². The molecule has 7 nitrogen and oxygen atoms in total. The molecule has 0 aliphatic heterocycles. The number of rotatable bonds is 9. The van der Waals surface area contributed by atoms with E-state index in [-0.39, 0.29) is 24.5 Å². The predicted octanol–water partition coefficient (Wildman–Crippen LogP) is 1.73. The lowest BCUT2D eigenvalue weighted by Gasteiger charge is -2.09. The zero-order chi connectivity index (χ0) is 17.9. The standard InChI is InChI=1S/C17H24N2O5/c1-12(2)23-10-4-9-18-16(21)11-24-17(22)14-5-7-15(8-6-14)19-13(3)20/h5-8,12H,4,9-11H2,1-3H3,(H,18,21)(H,19,20). The molecule has 7 heteroatoms. The van der Waals surface area contributed by atoms with Gasteiger partial charge in [0.2, 0.25) is 5.91 Å². The molecule has 0 unspecified atom stereocenters. The molecule has 0 saturated carbocycles. The molecule has 0 spiro atoms. The van der Waals surface area contributed by atoms with E-state index in [0.717, 1.165) is 0 Å². The summed E-state index contributed by atoms with van der Waals surface area (Å²) < 4.78 is 10.3. The van der Waals surface area contributed by atoms with Gasteiger partial charge in [0.1, 0.15) is 0 Å². The van der Waals surface area contributed by atoms with Crippen LogP contribution in [0.5, 0.6) is 0 Å². The van der Waals surface area contributed by atoms with E-state index in [4.69, 9.17) is 9.47 Å². The molecular weight excluding hydrogens is 312 g/mol. The van der Waals surface area contributed by atoms with E-state index in [1.54, 1.807) is 12.1 Å². The van der Waals surface area contributed by atoms with E-state index >= 15 is 0 Å². The number of carbonyl (C=O) groups excluding carboxylic acids is 3. The Labute approximate surface area is 141 Å². The number of nitrogens with one attached hydrogen (secondary N) is 2. The van der Waals surface area contributed by atoms with Crippen molar-refractivity contribution in [3.05, 3.63) is 29.8 Å². The van der Waals surface area contributed by atoms with Gasteiger partial charge in [-0.05, 0) is 44.5 Å². The van der Waals surface area contributed by atoms with Crippen LogP contribution in [-0.4, -0.2) is 43.6 Å². The maximum absolute atomic E-state index is 11.8. The smallest absolute Gasteiger partial charge is 0.338 e. The first-order chi connectivity index (χ1) is 11.4. The lowest BCUT2D eigenvalue weighted by atomic mass is 10.2. The zero-order valence-corrected chi connectivity index (χ0v) is 14.3. The van der Waals surface area contributed by atoms with Crippen LogP contribution in [0.4, 0.5) is 5.69 Å². The molecule has 0 aliphatic rings. The lowest BCUT2D eigenvalue weighted by molar-refractivity contribution is -0.124. The van der Waals surface area contributed by atoms with Crippen molar-refractivity contribution in [2.75, 3.05) is 25.1 Å². The van der Waals surface area contributed by atoms with Crippen molar-refractivity contribution in [3.63, 3.8) is 0 Å². The fraction of sp³-hybridized carbons (Fsp3) is 0.471. The van der Waals surface area contributed by atoms with Crippen molar-refractivity contribution < 1.29 is 23.9 Å². The van der Waals surface area contributed by atoms with Crippen molar-refractivity contribution in [1.29, 1.82) is 0 Å². The quantitative estimate of drug-likeness (QED) is 0.529. The van der Waals surface area contributed by atoms with E-state index in [2.05, 4.69) is 10.6 Å². The topological polar surface area (TPSA) is 93.7 Å². The van der Waals surface area contributed by atoms with Crippen LogP contribution in [0.1, 0.15) is 37.6 Å². The zero-order valence-electron chi connectivity index (χ0n) is 14.3. The van der Waals surface area contributed by atoms with Gasteiger partial charge in [-0.25, -0.2) is 4.79 Å². The van der Waals surface area contributed by atoms with E-state index in [1.807, 2.05) is 13.8 Å². The molecular formula is C17H24N2O5. The highest BCUT2D eigenvalue weighted by Gasteiger charge is 2.10. The van der Waals surface area contributed by atoms with Crippen molar-refractivity contribution in [2.45, 2.75) is 33.3 Å². The molecule has 1 rings (SSSR count). The number of benzene rings is 1. The van der Waals surface area contributed by atoms with E-state index in [0.29, 0.717) is 30.8 Å². The van der Waals surface area contributed by atoms with Crippen LogP contribution in [0.3, 0.4) is 0 Å². The largest absolute Gasteiger partial charge is 0.452 e. The van der Waals surface area contributed by atoms with Crippen LogP contribution in [0.2, 0.25) is 0 Å². The summed E-state index contributed by atoms with van der Waals surface area (Å²) in [5.41, 5.74) is 0.891. The minimum absolute atomic E-state index is 0.165. The number of esters is 1. The Morgan fingerprint density at radius 3 is 2.38 bits per heavy atom. The molecule has 132 valence electrons. The Morgan fingerprint density at radius 1 is 1.12 bits per heavy atom. The third kappa shape index (κ3) is 8.28. The molecule has 1 aromatic rings. The van der Waals surface area contributed by atoms with Gasteiger partial charge in [0.15, 0.2) is 6.61 Å². The Morgan fingerprint density at radius 2 is 1.79 bits per heavy atom. The molecule has 0 fully saturated rings. The minimum Gasteiger partial charge on any atom is -0.452 e. The monoisotopic (exact) mass is 336 g/mol. The van der Waals surface area contributed by atoms with Gasteiger partial charge in [0.25, 0.3) is 5.91 Å². The van der Waals surface area contributed by atoms with Crippen molar-refractivity contribution in [2.24, 2.45) is 0 Å². The van der Waals surface area contributed by atoms with Gasteiger partial charge in [0, 0.05) is 25.8 Å². The number of hydrogen-bond donors (Lipinski definition) is 2. The summed E-state index contributed by atoms with van der Waals surface area (Å²) in [6.45, 7) is 5.99. The molecule has 0 saturated heterocycles. The first-order valence-corrected chi connectivity index (χ1v) is 7.81. The van der Waals surface area contributed by atoms with Gasteiger partial charge in [-0.1, -0.05) is 0 Å². The summed E-state index contributed by atoms with van der Waals surface area (Å²) in [6.07, 6.45) is 0.862. The van der Waals surface area contributed by atoms with Gasteiger partial charge in [-0.2, -0.15) is 0 Å². The first-order valence-electron chi connectivity index (χ1n) is 7.81. The Balaban J connectivity index is 2.27. The van der Waals surface area contributed by atoms with Crippen molar-refractivity contribution in [1.82, 2.24) is 5.32 Å². The molecule has 0 aliphatic carbocycles. The maximum atomic E-state index is 11.8. The molecule has 2 N–H and O–H groups in total. The molecule has 1 aromatic carbocycles. The predicted molar refractivity (Wildman–Crippen MR) is 89.7 cm³/mol. The summed E-state index contributed by atoms with van der Waals surface area (Å²) >= 11 is 0. The number of anilines is 1. The lowest BCUT2D eigenvalue weighted by Crippen LogP contribution is -2.30. The van der Waals surface area contributed by atoms with Gasteiger partial charge in [-0.3, -0.25) is 9.59 Å². The second-order valence-corrected chi connectivity index (χ2v) is 5.46. The second-order valence-electron chi connectivity index (χ2n) is 5.46. The van der Waals surface area contributed by atoms with Gasteiger partial charge in [-0.15, -0.1) is 0 Å². The fourth-order valence-electron chi connectivity index (χ4n) is 1.78. The van der Waals surface area contributed by atoms with Crippen molar-refractivity contribution >= 4 is 23.5 Å². The van der Waals surface area contributed by atoms with E-state index in [1.165, 1.54) is 19.1 Å². The highest BCUT2D eigenvalue weighted by atomic mass is 16.5. The Bertz CT molecular complexity index is 555. The molecule has 2 amide bonds. The second kappa shape index (κ2) is 10.4. The molecule has 0 bridgehead atoms. The Hall–Kier alpha value is -2.41. The Kier molecular flexibility index (Phi) is 8.49. The number of amides is 2. The summed E-state index contributed by atoms with van der Waals surface area (Å²) in [7, 11) is 0. The third-order valence-corrected chi connectivity index (χ3v) is 2.87. The summed E-state index contributed by atoms with van der Waals surface area (Å²) in [5.74, 6) is -1.15. The van der Waals surface area contributed by atoms with Gasteiger partial charge in [0.05, 0.1) is 11.7 Å². The van der Waals surface area contributed by atoms with Crippen LogP contribution in [0, 0.1) is 0 Å². The number of carbonyl (C=O) groups is 3. The van der Waals surface area contributed by atoms with Crippen LogP contribution in [0.15, 0.2) is 24.3 Å². The number of ether oxygens (including phenoxy) is 2. The fourth-order valence-corrected chi connectivity index (χ4v) is 1.78. The van der Waals surface area contributed by atoms with E-state index < -0.39 is 5.97 Å². The van der Waals surface area contributed by atoms with Gasteiger partial charge < -0.3 is 20.1 Å². The first kappa shape index (κ1) is 19.6. The minimum atomic E-state index is -0.595. The highest BCUT2D eigenvalue weighted by molar-refractivity contribution is 5.93. The molecule has 0 atom stereocenters. The number of hydrogen-bond acceptors (Lipinski definition) is 5. The highest BCUT2D eigenvalue weighted by Crippen LogP contribution is 2.10. The SMILES string of the molecule is CC(=O)Nc1ccc(C(=O)OCC(=O)NCCCOC(C)C)cc1. The average Bonchev–Trinajstić information content (AvgIpc) is 2.52. The van der Waals surface area contributed by atoms with Crippen LogP contribution >= 0.6 is 0 Å². The van der Waals surface area contributed by atoms with Crippen LogP contribution in [0.25, 0.3) is 0 Å². The molecule has 24 heavy (non-hydrogen) atoms. The third-order valence-electron chi connectivity index (χ3n) is 2.87. The van der Waals surface area contributed by atoms with Gasteiger partial charge >= 0.3 is 5.97 Å². The van der Waals surface area contributed by atoms with Crippen molar-refractivity contribution in [3.8, 4) is 0 Å². The normalized spacial score (nSPS) is 10.3.